The van der Waals surface area contributed by atoms with Crippen LogP contribution >= 0.6 is 23.2 Å². The Bertz CT molecular complexity index is 390. The van der Waals surface area contributed by atoms with Gasteiger partial charge in [0.1, 0.15) is 10.3 Å². The molecule has 1 aromatic heterocycles. The van der Waals surface area contributed by atoms with Gasteiger partial charge in [-0.25, -0.2) is 4.98 Å². The second kappa shape index (κ2) is 6.71. The van der Waals surface area contributed by atoms with Crippen molar-refractivity contribution in [2.75, 3.05) is 20.1 Å². The van der Waals surface area contributed by atoms with E-state index in [1.54, 1.807) is 6.07 Å². The van der Waals surface area contributed by atoms with Gasteiger partial charge in [0.15, 0.2) is 0 Å². The van der Waals surface area contributed by atoms with Gasteiger partial charge in [-0.05, 0) is 45.5 Å². The number of halogens is 2. The highest BCUT2D eigenvalue weighted by Crippen LogP contribution is 2.20. The highest BCUT2D eigenvalue weighted by atomic mass is 35.5. The fourth-order valence-electron chi connectivity index (χ4n) is 2.40. The minimum atomic E-state index is 0.449. The summed E-state index contributed by atoms with van der Waals surface area (Å²) >= 11 is 11.9. The van der Waals surface area contributed by atoms with Crippen molar-refractivity contribution in [2.45, 2.75) is 31.8 Å². The van der Waals surface area contributed by atoms with E-state index in [4.69, 9.17) is 23.2 Å². The number of nitrogens with zero attached hydrogens (tertiary/aromatic N) is 2. The number of pyridine rings is 1. The zero-order valence-corrected chi connectivity index (χ0v) is 12.1. The molecule has 0 radical (unpaired) electrons. The number of nitrogens with one attached hydrogen (secondary N) is 1. The molecule has 100 valence electrons. The lowest BCUT2D eigenvalue weighted by Gasteiger charge is -2.27. The molecular weight excluding hydrogens is 269 g/mol. The van der Waals surface area contributed by atoms with E-state index < -0.39 is 0 Å². The summed E-state index contributed by atoms with van der Waals surface area (Å²) in [7, 11) is 2.15. The Kier molecular flexibility index (Phi) is 5.25. The van der Waals surface area contributed by atoms with Crippen molar-refractivity contribution in [1.29, 1.82) is 0 Å². The highest BCUT2D eigenvalue weighted by Gasteiger charge is 2.17. The third kappa shape index (κ3) is 3.82. The first-order valence-electron chi connectivity index (χ1n) is 6.38. The Morgan fingerprint density at radius 1 is 1.33 bits per heavy atom. The number of hydrogen-bond acceptors (Lipinski definition) is 3. The van der Waals surface area contributed by atoms with E-state index in [0.29, 0.717) is 16.3 Å². The summed E-state index contributed by atoms with van der Waals surface area (Å²) < 4.78 is 0. The molecule has 0 saturated carbocycles. The molecule has 1 atom stereocenters. The third-order valence-corrected chi connectivity index (χ3v) is 4.02. The van der Waals surface area contributed by atoms with Crippen molar-refractivity contribution in [3.8, 4) is 0 Å². The van der Waals surface area contributed by atoms with Crippen LogP contribution in [0.4, 0.5) is 0 Å². The summed E-state index contributed by atoms with van der Waals surface area (Å²) in [6, 6.07) is 4.38. The van der Waals surface area contributed by atoms with Crippen LogP contribution in [-0.2, 0) is 6.54 Å². The lowest BCUT2D eigenvalue weighted by molar-refractivity contribution is 0.216. The third-order valence-electron chi connectivity index (χ3n) is 3.48. The molecule has 1 N–H and O–H groups in total. The molecule has 0 spiro atoms. The maximum absolute atomic E-state index is 6.11. The van der Waals surface area contributed by atoms with E-state index >= 15 is 0 Å². The van der Waals surface area contributed by atoms with Gasteiger partial charge in [0, 0.05) is 18.2 Å². The van der Waals surface area contributed by atoms with Crippen molar-refractivity contribution in [2.24, 2.45) is 0 Å². The molecule has 0 amide bonds. The molecular formula is C13H19Cl2N3. The van der Waals surface area contributed by atoms with Gasteiger partial charge in [-0.3, -0.25) is 4.90 Å². The minimum Gasteiger partial charge on any atom is -0.317 e. The molecule has 1 aromatic rings. The molecule has 2 rings (SSSR count). The summed E-state index contributed by atoms with van der Waals surface area (Å²) in [5.41, 5.74) is 1.04. The first kappa shape index (κ1) is 14.1. The van der Waals surface area contributed by atoms with E-state index in [1.165, 1.54) is 19.3 Å². The maximum Gasteiger partial charge on any atom is 0.135 e. The second-order valence-corrected chi connectivity index (χ2v) is 5.58. The largest absolute Gasteiger partial charge is 0.317 e. The van der Waals surface area contributed by atoms with Crippen LogP contribution in [0.15, 0.2) is 12.1 Å². The molecule has 5 heteroatoms. The second-order valence-electron chi connectivity index (χ2n) is 4.83. The smallest absolute Gasteiger partial charge is 0.135 e. The molecule has 1 saturated heterocycles. The Balaban J connectivity index is 1.98. The van der Waals surface area contributed by atoms with Gasteiger partial charge in [-0.2, -0.15) is 0 Å². The average molecular weight is 288 g/mol. The fraction of sp³-hybridized carbons (Fsp3) is 0.615. The van der Waals surface area contributed by atoms with Crippen molar-refractivity contribution in [1.82, 2.24) is 15.2 Å². The quantitative estimate of drug-likeness (QED) is 0.867. The predicted octanol–water partition coefficient (Wildman–Crippen LogP) is 2.96. The first-order chi connectivity index (χ1) is 8.66. The molecule has 0 bridgehead atoms. The van der Waals surface area contributed by atoms with E-state index in [-0.39, 0.29) is 0 Å². The van der Waals surface area contributed by atoms with Gasteiger partial charge >= 0.3 is 0 Å². The van der Waals surface area contributed by atoms with Crippen LogP contribution in [0.2, 0.25) is 10.3 Å². The Hall–Kier alpha value is -0.350. The van der Waals surface area contributed by atoms with Gasteiger partial charge < -0.3 is 5.32 Å². The van der Waals surface area contributed by atoms with Crippen LogP contribution in [0.1, 0.15) is 24.8 Å². The van der Waals surface area contributed by atoms with Crippen LogP contribution in [0, 0.1) is 0 Å². The Labute approximate surface area is 118 Å². The van der Waals surface area contributed by atoms with E-state index in [0.717, 1.165) is 25.2 Å². The molecule has 1 aliphatic heterocycles. The molecule has 1 unspecified atom stereocenters. The molecule has 1 aliphatic rings. The van der Waals surface area contributed by atoms with Crippen LogP contribution in [0.25, 0.3) is 0 Å². The monoisotopic (exact) mass is 287 g/mol. The van der Waals surface area contributed by atoms with Crippen molar-refractivity contribution < 1.29 is 0 Å². The van der Waals surface area contributed by atoms with Crippen LogP contribution in [-0.4, -0.2) is 36.1 Å². The zero-order chi connectivity index (χ0) is 13.0. The van der Waals surface area contributed by atoms with E-state index in [1.807, 2.05) is 6.07 Å². The first-order valence-corrected chi connectivity index (χ1v) is 7.14. The van der Waals surface area contributed by atoms with Crippen molar-refractivity contribution in [3.63, 3.8) is 0 Å². The summed E-state index contributed by atoms with van der Waals surface area (Å²) in [5.74, 6) is 0. The van der Waals surface area contributed by atoms with Gasteiger partial charge in [-0.1, -0.05) is 29.3 Å². The van der Waals surface area contributed by atoms with Gasteiger partial charge in [0.2, 0.25) is 0 Å². The van der Waals surface area contributed by atoms with Gasteiger partial charge in [0.25, 0.3) is 0 Å². The molecule has 1 fully saturated rings. The van der Waals surface area contributed by atoms with E-state index in [9.17, 15) is 0 Å². The topological polar surface area (TPSA) is 28.2 Å². The predicted molar refractivity (Wildman–Crippen MR) is 76.2 cm³/mol. The van der Waals surface area contributed by atoms with Crippen LogP contribution < -0.4 is 5.32 Å². The lowest BCUT2D eigenvalue weighted by Crippen LogP contribution is -2.32. The number of hydrogen-bond donors (Lipinski definition) is 1. The summed E-state index contributed by atoms with van der Waals surface area (Å²) in [5, 5.41) is 4.40. The summed E-state index contributed by atoms with van der Waals surface area (Å²) in [6.07, 6.45) is 3.67. The molecule has 3 nitrogen and oxygen atoms in total. The van der Waals surface area contributed by atoms with Crippen LogP contribution in [0.3, 0.4) is 0 Å². The Morgan fingerprint density at radius 3 is 2.94 bits per heavy atom. The summed E-state index contributed by atoms with van der Waals surface area (Å²) in [6.45, 7) is 3.06. The number of rotatable bonds is 3. The fourth-order valence-corrected chi connectivity index (χ4v) is 2.80. The number of aromatic nitrogens is 1. The van der Waals surface area contributed by atoms with E-state index in [2.05, 4.69) is 22.2 Å². The zero-order valence-electron chi connectivity index (χ0n) is 10.6. The van der Waals surface area contributed by atoms with Crippen LogP contribution in [0.5, 0.6) is 0 Å². The lowest BCUT2D eigenvalue weighted by atomic mass is 10.1. The minimum absolute atomic E-state index is 0.449. The highest BCUT2D eigenvalue weighted by molar-refractivity contribution is 6.32. The SMILES string of the molecule is CN(Cc1ccc(Cl)nc1Cl)C1CCCNCC1. The molecule has 0 aromatic carbocycles. The molecule has 18 heavy (non-hydrogen) atoms. The summed E-state index contributed by atoms with van der Waals surface area (Å²) in [4.78, 5) is 6.45. The average Bonchev–Trinajstić information content (AvgIpc) is 2.61. The standard InChI is InChI=1S/C13H19Cl2N3/c1-18(11-3-2-7-16-8-6-11)9-10-4-5-12(14)17-13(10)15/h4-5,11,16H,2-3,6-9H2,1H3. The van der Waals surface area contributed by atoms with Crippen molar-refractivity contribution in [3.05, 3.63) is 28.0 Å². The molecule has 0 aliphatic carbocycles. The Morgan fingerprint density at radius 2 is 2.17 bits per heavy atom. The maximum atomic E-state index is 6.11. The molecule has 2 heterocycles. The van der Waals surface area contributed by atoms with Gasteiger partial charge in [0.05, 0.1) is 0 Å². The van der Waals surface area contributed by atoms with Crippen molar-refractivity contribution >= 4 is 23.2 Å². The van der Waals surface area contributed by atoms with Gasteiger partial charge in [-0.15, -0.1) is 0 Å². The normalized spacial score (nSPS) is 21.0.